The van der Waals surface area contributed by atoms with Gasteiger partial charge in [-0.05, 0) is 130 Å². The van der Waals surface area contributed by atoms with Gasteiger partial charge in [0.15, 0.2) is 0 Å². The molecule has 3 aromatic rings. The lowest BCUT2D eigenvalue weighted by Crippen LogP contribution is -2.41. The smallest absolute Gasteiger partial charge is 0.399 e. The fourth-order valence-electron chi connectivity index (χ4n) is 7.49. The van der Waals surface area contributed by atoms with Crippen LogP contribution in [0.4, 0.5) is 0 Å². The molecule has 3 heteroatoms. The van der Waals surface area contributed by atoms with Gasteiger partial charge in [0.05, 0.1) is 11.2 Å². The lowest BCUT2D eigenvalue weighted by Gasteiger charge is -2.43. The van der Waals surface area contributed by atoms with Crippen LogP contribution in [-0.2, 0) is 31.0 Å². The zero-order valence-electron chi connectivity index (χ0n) is 26.6. The number of benzene rings is 3. The Morgan fingerprint density at radius 2 is 0.769 bits per heavy atom. The standard InChI is InChI=1S/C36H49BO2/c1-31(2)13-15-33(5,6)28-20-24-22(18-26(28)31)17-23-19-27-29(34(7,8)16-14-32(27,3)4)21-25(23)30(24)37-38-35(9,10)36(11,12)39-37/h17-21H,13-16H2,1-12H3. The maximum Gasteiger partial charge on any atom is 0.496 e. The Balaban J connectivity index is 1.74. The van der Waals surface area contributed by atoms with Crippen LogP contribution >= 0.6 is 0 Å². The van der Waals surface area contributed by atoms with Crippen molar-refractivity contribution in [3.8, 4) is 0 Å². The van der Waals surface area contributed by atoms with Gasteiger partial charge in [-0.1, -0.05) is 79.7 Å². The number of fused-ring (bicyclic) bond motifs is 4. The second-order valence-corrected chi connectivity index (χ2v) is 16.7. The highest BCUT2D eigenvalue weighted by Gasteiger charge is 2.53. The van der Waals surface area contributed by atoms with Gasteiger partial charge in [0.1, 0.15) is 0 Å². The Labute approximate surface area is 237 Å². The van der Waals surface area contributed by atoms with E-state index in [-0.39, 0.29) is 21.7 Å². The summed E-state index contributed by atoms with van der Waals surface area (Å²) in [5, 5.41) is 5.20. The molecule has 3 aromatic carbocycles. The fourth-order valence-corrected chi connectivity index (χ4v) is 7.49. The van der Waals surface area contributed by atoms with Crippen LogP contribution in [-0.4, -0.2) is 18.3 Å². The first-order chi connectivity index (χ1) is 17.8. The predicted octanol–water partition coefficient (Wildman–Crippen LogP) is 8.99. The van der Waals surface area contributed by atoms with Crippen molar-refractivity contribution in [1.82, 2.24) is 0 Å². The van der Waals surface area contributed by atoms with E-state index in [1.54, 1.807) is 0 Å². The van der Waals surface area contributed by atoms with Crippen molar-refractivity contribution in [3.05, 3.63) is 52.6 Å². The molecule has 0 aromatic heterocycles. The van der Waals surface area contributed by atoms with Gasteiger partial charge in [-0.2, -0.15) is 0 Å². The van der Waals surface area contributed by atoms with Gasteiger partial charge < -0.3 is 9.31 Å². The fraction of sp³-hybridized carbons (Fsp3) is 0.611. The number of hydrogen-bond acceptors (Lipinski definition) is 2. The summed E-state index contributed by atoms with van der Waals surface area (Å²) < 4.78 is 13.6. The molecule has 1 saturated heterocycles. The van der Waals surface area contributed by atoms with E-state index in [2.05, 4.69) is 113 Å². The lowest BCUT2D eigenvalue weighted by molar-refractivity contribution is 0.00578. The van der Waals surface area contributed by atoms with Crippen LogP contribution < -0.4 is 5.46 Å². The summed E-state index contributed by atoms with van der Waals surface area (Å²) in [5.41, 5.74) is 7.03. The highest BCUT2D eigenvalue weighted by atomic mass is 16.7. The monoisotopic (exact) mass is 524 g/mol. The minimum atomic E-state index is -0.406. The van der Waals surface area contributed by atoms with Crippen LogP contribution in [0.1, 0.15) is 131 Å². The van der Waals surface area contributed by atoms with Crippen LogP contribution in [0, 0.1) is 0 Å². The third-order valence-electron chi connectivity index (χ3n) is 11.4. The second kappa shape index (κ2) is 7.92. The summed E-state index contributed by atoms with van der Waals surface area (Å²) in [6, 6.07) is 12.5. The zero-order valence-corrected chi connectivity index (χ0v) is 26.6. The minimum Gasteiger partial charge on any atom is -0.399 e. The van der Waals surface area contributed by atoms with Crippen LogP contribution in [0.5, 0.6) is 0 Å². The Morgan fingerprint density at radius 1 is 0.462 bits per heavy atom. The minimum absolute atomic E-state index is 0.142. The predicted molar refractivity (Wildman–Crippen MR) is 168 cm³/mol. The van der Waals surface area contributed by atoms with Crippen LogP contribution in [0.3, 0.4) is 0 Å². The molecule has 2 nitrogen and oxygen atoms in total. The van der Waals surface area contributed by atoms with Crippen LogP contribution in [0.2, 0.25) is 0 Å². The van der Waals surface area contributed by atoms with Crippen molar-refractivity contribution < 1.29 is 9.31 Å². The largest absolute Gasteiger partial charge is 0.496 e. The van der Waals surface area contributed by atoms with E-state index in [9.17, 15) is 0 Å². The third kappa shape index (κ3) is 3.97. The quantitative estimate of drug-likeness (QED) is 0.234. The first-order valence-electron chi connectivity index (χ1n) is 15.2. The van der Waals surface area contributed by atoms with Gasteiger partial charge >= 0.3 is 7.12 Å². The average molecular weight is 525 g/mol. The van der Waals surface area contributed by atoms with E-state index >= 15 is 0 Å². The van der Waals surface area contributed by atoms with Crippen molar-refractivity contribution in [2.45, 2.75) is 142 Å². The molecule has 2 aliphatic carbocycles. The topological polar surface area (TPSA) is 18.5 Å². The molecule has 0 spiro atoms. The molecule has 1 fully saturated rings. The highest BCUT2D eigenvalue weighted by molar-refractivity contribution is 6.68. The van der Waals surface area contributed by atoms with Gasteiger partial charge in [0.25, 0.3) is 0 Å². The van der Waals surface area contributed by atoms with Crippen molar-refractivity contribution in [2.75, 3.05) is 0 Å². The van der Waals surface area contributed by atoms with Gasteiger partial charge in [-0.15, -0.1) is 0 Å². The van der Waals surface area contributed by atoms with E-state index in [4.69, 9.17) is 9.31 Å². The molecular formula is C36H49BO2. The summed E-state index contributed by atoms with van der Waals surface area (Å²) in [6.07, 6.45) is 4.84. The molecular weight excluding hydrogens is 475 g/mol. The van der Waals surface area contributed by atoms with Crippen molar-refractivity contribution in [2.24, 2.45) is 0 Å². The number of rotatable bonds is 1. The molecule has 0 atom stereocenters. The van der Waals surface area contributed by atoms with E-state index in [1.807, 2.05) is 0 Å². The molecule has 0 amide bonds. The van der Waals surface area contributed by atoms with Crippen molar-refractivity contribution in [3.63, 3.8) is 0 Å². The van der Waals surface area contributed by atoms with Gasteiger partial charge in [0.2, 0.25) is 0 Å². The molecule has 0 radical (unpaired) electrons. The Bertz CT molecular complexity index is 1410. The molecule has 1 aliphatic heterocycles. The average Bonchev–Trinajstić information content (AvgIpc) is 3.03. The van der Waals surface area contributed by atoms with Crippen molar-refractivity contribution >= 4 is 34.1 Å². The SMILES string of the molecule is CC1(C)CCC(C)(C)c2cc3c(B4OC(C)(C)C(C)(C)O4)c4cc5c(cc4cc3cc21)C(C)(C)CCC5(C)C. The maximum absolute atomic E-state index is 6.82. The first kappa shape index (κ1) is 27.3. The van der Waals surface area contributed by atoms with Crippen LogP contribution in [0.15, 0.2) is 30.3 Å². The lowest BCUT2D eigenvalue weighted by atomic mass is 9.61. The Morgan fingerprint density at radius 3 is 1.10 bits per heavy atom. The molecule has 0 unspecified atom stereocenters. The molecule has 3 aliphatic rings. The molecule has 1 heterocycles. The summed E-state index contributed by atoms with van der Waals surface area (Å²) in [4.78, 5) is 0. The summed E-state index contributed by atoms with van der Waals surface area (Å²) in [6.45, 7) is 28.0. The summed E-state index contributed by atoms with van der Waals surface area (Å²) in [7, 11) is -0.406. The van der Waals surface area contributed by atoms with E-state index in [0.29, 0.717) is 0 Å². The Kier molecular flexibility index (Phi) is 5.55. The summed E-state index contributed by atoms with van der Waals surface area (Å²) >= 11 is 0. The molecule has 0 N–H and O–H groups in total. The summed E-state index contributed by atoms with van der Waals surface area (Å²) in [5.74, 6) is 0. The van der Waals surface area contributed by atoms with Crippen molar-refractivity contribution in [1.29, 1.82) is 0 Å². The molecule has 208 valence electrons. The Hall–Kier alpha value is -1.84. The van der Waals surface area contributed by atoms with E-state index < -0.39 is 18.3 Å². The first-order valence-corrected chi connectivity index (χ1v) is 15.2. The molecule has 0 bridgehead atoms. The number of hydrogen-bond donors (Lipinski definition) is 0. The van der Waals surface area contributed by atoms with Gasteiger partial charge in [-0.25, -0.2) is 0 Å². The molecule has 0 saturated carbocycles. The van der Waals surface area contributed by atoms with Gasteiger partial charge in [-0.3, -0.25) is 0 Å². The van der Waals surface area contributed by atoms with E-state index in [0.717, 1.165) is 0 Å². The highest BCUT2D eigenvalue weighted by Crippen LogP contribution is 2.50. The van der Waals surface area contributed by atoms with Crippen LogP contribution in [0.25, 0.3) is 21.5 Å². The molecule has 39 heavy (non-hydrogen) atoms. The maximum atomic E-state index is 6.82. The normalized spacial score (nSPS) is 25.5. The van der Waals surface area contributed by atoms with Gasteiger partial charge in [0, 0.05) is 0 Å². The second-order valence-electron chi connectivity index (χ2n) is 16.7. The van der Waals surface area contributed by atoms with E-state index in [1.165, 1.54) is 74.9 Å². The molecule has 6 rings (SSSR count). The zero-order chi connectivity index (χ0) is 28.6. The third-order valence-corrected chi connectivity index (χ3v) is 11.4.